The van der Waals surface area contributed by atoms with Gasteiger partial charge in [0.15, 0.2) is 0 Å². The van der Waals surface area contributed by atoms with E-state index in [0.29, 0.717) is 45.1 Å². The Hall–Kier alpha value is -4.55. The van der Waals surface area contributed by atoms with Gasteiger partial charge in [-0.05, 0) is 83.9 Å². The van der Waals surface area contributed by atoms with Gasteiger partial charge in [-0.25, -0.2) is 16.8 Å². The van der Waals surface area contributed by atoms with Crippen molar-refractivity contribution in [1.82, 2.24) is 0 Å². The summed E-state index contributed by atoms with van der Waals surface area (Å²) in [6, 6.07) is 21.6. The van der Waals surface area contributed by atoms with E-state index in [4.69, 9.17) is 9.47 Å². The minimum atomic E-state index is -3.99. The van der Waals surface area contributed by atoms with Gasteiger partial charge in [-0.15, -0.1) is 0 Å². The normalized spacial score (nSPS) is 12.3. The molecule has 10 nitrogen and oxygen atoms in total. The van der Waals surface area contributed by atoms with Crippen LogP contribution in [0.3, 0.4) is 0 Å². The molecule has 39 heavy (non-hydrogen) atoms. The molecule has 0 spiro atoms. The molecule has 1 aliphatic rings. The van der Waals surface area contributed by atoms with Crippen LogP contribution in [0.15, 0.2) is 99.9 Å². The summed E-state index contributed by atoms with van der Waals surface area (Å²) >= 11 is 0. The molecule has 1 aliphatic carbocycles. The van der Waals surface area contributed by atoms with Crippen LogP contribution in [-0.2, 0) is 20.0 Å². The van der Waals surface area contributed by atoms with Crippen molar-refractivity contribution >= 4 is 37.1 Å². The highest BCUT2D eigenvalue weighted by atomic mass is 32.2. The minimum Gasteiger partial charge on any atom is -0.497 e. The molecule has 0 radical (unpaired) electrons. The molecule has 12 heteroatoms. The van der Waals surface area contributed by atoms with Crippen molar-refractivity contribution in [1.29, 1.82) is 0 Å². The van der Waals surface area contributed by atoms with Gasteiger partial charge in [0.05, 0.1) is 24.0 Å². The quantitative estimate of drug-likeness (QED) is 0.185. The molecule has 0 bridgehead atoms. The van der Waals surface area contributed by atoms with E-state index >= 15 is 0 Å². The number of oxime groups is 1. The Labute approximate surface area is 225 Å². The minimum absolute atomic E-state index is 0.0555. The predicted molar refractivity (Wildman–Crippen MR) is 147 cm³/mol. The molecule has 0 saturated carbocycles. The van der Waals surface area contributed by atoms with Crippen molar-refractivity contribution in [3.63, 3.8) is 0 Å². The van der Waals surface area contributed by atoms with E-state index in [1.807, 2.05) is 0 Å². The van der Waals surface area contributed by atoms with Gasteiger partial charge in [0.1, 0.15) is 17.2 Å². The number of sulfonamides is 2. The van der Waals surface area contributed by atoms with E-state index < -0.39 is 20.0 Å². The zero-order chi connectivity index (χ0) is 27.8. The van der Waals surface area contributed by atoms with Crippen LogP contribution < -0.4 is 18.9 Å². The van der Waals surface area contributed by atoms with Crippen LogP contribution in [0.4, 0.5) is 11.4 Å². The Kier molecular flexibility index (Phi) is 6.66. The van der Waals surface area contributed by atoms with E-state index in [9.17, 15) is 22.0 Å². The largest absolute Gasteiger partial charge is 0.497 e. The van der Waals surface area contributed by atoms with Crippen molar-refractivity contribution in [3.8, 4) is 22.6 Å². The Bertz CT molecular complexity index is 1670. The predicted octanol–water partition coefficient (Wildman–Crippen LogP) is 4.51. The maximum atomic E-state index is 13.1. The Morgan fingerprint density at radius 2 is 0.974 bits per heavy atom. The standard InChI is InChI=1S/C27H23N3O7S2/c1-36-19-7-3-17(4-8-19)29-38(32,33)21-11-13-23-24-14-12-22(16-26(24)27(28-31)25(23)15-21)39(34,35)30-18-5-9-20(37-2)10-6-18/h3-16,29-31H,1-2H3. The monoisotopic (exact) mass is 565 g/mol. The van der Waals surface area contributed by atoms with E-state index in [1.54, 1.807) is 60.7 Å². The van der Waals surface area contributed by atoms with E-state index in [0.717, 1.165) is 0 Å². The molecule has 5 rings (SSSR count). The van der Waals surface area contributed by atoms with Crippen LogP contribution in [0, 0.1) is 0 Å². The summed E-state index contributed by atoms with van der Waals surface area (Å²) in [6.45, 7) is 0. The highest BCUT2D eigenvalue weighted by Gasteiger charge is 2.30. The third kappa shape index (κ3) is 4.99. The van der Waals surface area contributed by atoms with Gasteiger partial charge in [0.2, 0.25) is 0 Å². The molecule has 0 atom stereocenters. The lowest BCUT2D eigenvalue weighted by atomic mass is 10.1. The number of nitrogens with zero attached hydrogens (tertiary/aromatic N) is 1. The number of nitrogens with one attached hydrogen (secondary N) is 2. The van der Waals surface area contributed by atoms with Gasteiger partial charge >= 0.3 is 0 Å². The van der Waals surface area contributed by atoms with Gasteiger partial charge in [0, 0.05) is 22.5 Å². The van der Waals surface area contributed by atoms with Gasteiger partial charge in [0.25, 0.3) is 20.0 Å². The summed E-state index contributed by atoms with van der Waals surface area (Å²) < 4.78 is 67.5. The first-order valence-electron chi connectivity index (χ1n) is 11.5. The molecule has 0 saturated heterocycles. The van der Waals surface area contributed by atoms with Crippen LogP contribution >= 0.6 is 0 Å². The van der Waals surface area contributed by atoms with Gasteiger partial charge in [-0.3, -0.25) is 9.44 Å². The van der Waals surface area contributed by atoms with E-state index in [1.165, 1.54) is 38.5 Å². The Morgan fingerprint density at radius 3 is 1.31 bits per heavy atom. The molecule has 0 fully saturated rings. The summed E-state index contributed by atoms with van der Waals surface area (Å²) in [5.74, 6) is 1.16. The molecule has 0 unspecified atom stereocenters. The Morgan fingerprint density at radius 1 is 0.590 bits per heavy atom. The van der Waals surface area contributed by atoms with Crippen LogP contribution in [0.25, 0.3) is 11.1 Å². The van der Waals surface area contributed by atoms with Crippen molar-refractivity contribution in [2.45, 2.75) is 9.79 Å². The number of hydrogen-bond donors (Lipinski definition) is 3. The molecule has 0 aliphatic heterocycles. The summed E-state index contributed by atoms with van der Waals surface area (Å²) in [5, 5.41) is 13.2. The average molecular weight is 566 g/mol. The summed E-state index contributed by atoms with van der Waals surface area (Å²) in [7, 11) is -4.95. The van der Waals surface area contributed by atoms with Crippen LogP contribution in [-0.4, -0.2) is 42.0 Å². The lowest BCUT2D eigenvalue weighted by molar-refractivity contribution is 0.320. The van der Waals surface area contributed by atoms with E-state index in [-0.39, 0.29) is 15.5 Å². The molecule has 4 aromatic carbocycles. The van der Waals surface area contributed by atoms with Gasteiger partial charge < -0.3 is 14.7 Å². The molecular weight excluding hydrogens is 542 g/mol. The lowest BCUT2D eigenvalue weighted by Gasteiger charge is -2.10. The van der Waals surface area contributed by atoms with Crippen molar-refractivity contribution in [3.05, 3.63) is 96.1 Å². The topological polar surface area (TPSA) is 143 Å². The molecule has 3 N–H and O–H groups in total. The first-order valence-corrected chi connectivity index (χ1v) is 14.5. The van der Waals surface area contributed by atoms with Crippen LogP contribution in [0.2, 0.25) is 0 Å². The zero-order valence-electron chi connectivity index (χ0n) is 20.7. The SMILES string of the molecule is COc1ccc(NS(=O)(=O)c2ccc3c(c2)C(=NO)c2cc(S(=O)(=O)Nc4ccc(OC)cc4)ccc2-3)cc1. The number of fused-ring (bicyclic) bond motifs is 3. The summed E-state index contributed by atoms with van der Waals surface area (Å²) in [5.41, 5.74) is 2.65. The summed E-state index contributed by atoms with van der Waals surface area (Å²) in [6.07, 6.45) is 0. The maximum Gasteiger partial charge on any atom is 0.261 e. The zero-order valence-corrected chi connectivity index (χ0v) is 22.4. The fraction of sp³-hybridized carbons (Fsp3) is 0.0741. The second-order valence-corrected chi connectivity index (χ2v) is 11.9. The first kappa shape index (κ1) is 26.1. The molecular formula is C27H23N3O7S2. The van der Waals surface area contributed by atoms with Crippen molar-refractivity contribution in [2.24, 2.45) is 5.16 Å². The number of hydrogen-bond acceptors (Lipinski definition) is 8. The number of benzene rings is 4. The number of methoxy groups -OCH3 is 2. The summed E-state index contributed by atoms with van der Waals surface area (Å²) in [4.78, 5) is -0.111. The second kappa shape index (κ2) is 9.97. The third-order valence-electron chi connectivity index (χ3n) is 6.19. The third-order valence-corrected chi connectivity index (χ3v) is 8.95. The van der Waals surface area contributed by atoms with Crippen LogP contribution in [0.1, 0.15) is 11.1 Å². The average Bonchev–Trinajstić information content (AvgIpc) is 3.25. The van der Waals surface area contributed by atoms with Crippen molar-refractivity contribution < 1.29 is 31.5 Å². The van der Waals surface area contributed by atoms with Crippen molar-refractivity contribution in [2.75, 3.05) is 23.7 Å². The Balaban J connectivity index is 1.45. The molecule has 0 amide bonds. The van der Waals surface area contributed by atoms with Gasteiger partial charge in [-0.1, -0.05) is 17.3 Å². The molecule has 4 aromatic rings. The molecule has 200 valence electrons. The van der Waals surface area contributed by atoms with E-state index in [2.05, 4.69) is 14.6 Å². The number of anilines is 2. The smallest absolute Gasteiger partial charge is 0.261 e. The number of rotatable bonds is 8. The fourth-order valence-electron chi connectivity index (χ4n) is 4.24. The molecule has 0 aromatic heterocycles. The maximum absolute atomic E-state index is 13.1. The highest BCUT2D eigenvalue weighted by molar-refractivity contribution is 7.93. The first-order chi connectivity index (χ1) is 18.6. The second-order valence-electron chi connectivity index (χ2n) is 8.53. The van der Waals surface area contributed by atoms with Crippen LogP contribution in [0.5, 0.6) is 11.5 Å². The number of ether oxygens (including phenoxy) is 2. The highest BCUT2D eigenvalue weighted by Crippen LogP contribution is 2.39. The fourth-order valence-corrected chi connectivity index (χ4v) is 6.41. The van der Waals surface area contributed by atoms with Gasteiger partial charge in [-0.2, -0.15) is 0 Å². The molecule has 0 heterocycles. The lowest BCUT2D eigenvalue weighted by Crippen LogP contribution is -2.14.